The summed E-state index contributed by atoms with van der Waals surface area (Å²) in [6, 6.07) is 13.4. The zero-order valence-electron chi connectivity index (χ0n) is 18.1. The minimum atomic E-state index is -0.483. The number of nitrogens with zero attached hydrogens (tertiary/aromatic N) is 4. The van der Waals surface area contributed by atoms with Crippen LogP contribution >= 0.6 is 11.8 Å². The largest absolute Gasteiger partial charge is 0.493 e. The Kier molecular flexibility index (Phi) is 7.82. The van der Waals surface area contributed by atoms with Gasteiger partial charge in [-0.1, -0.05) is 25.6 Å². The van der Waals surface area contributed by atoms with E-state index < -0.39 is 4.92 Å². The molecule has 0 radical (unpaired) electrons. The van der Waals surface area contributed by atoms with Crippen molar-refractivity contribution in [1.82, 2.24) is 14.8 Å². The fourth-order valence-electron chi connectivity index (χ4n) is 2.85. The maximum absolute atomic E-state index is 12.3. The monoisotopic (exact) mass is 455 g/mol. The lowest BCUT2D eigenvalue weighted by Crippen LogP contribution is -2.14. The molecule has 0 bridgehead atoms. The molecule has 168 valence electrons. The number of nitrogens with one attached hydrogen (secondary N) is 1. The van der Waals surface area contributed by atoms with E-state index in [9.17, 15) is 14.9 Å². The van der Waals surface area contributed by atoms with E-state index in [0.29, 0.717) is 29.9 Å². The van der Waals surface area contributed by atoms with Crippen LogP contribution < -0.4 is 10.1 Å². The van der Waals surface area contributed by atoms with Crippen molar-refractivity contribution < 1.29 is 14.5 Å². The van der Waals surface area contributed by atoms with Gasteiger partial charge in [-0.15, -0.1) is 10.2 Å². The van der Waals surface area contributed by atoms with Crippen LogP contribution in [0, 0.1) is 16.0 Å². The van der Waals surface area contributed by atoms with Gasteiger partial charge in [0.1, 0.15) is 5.75 Å². The van der Waals surface area contributed by atoms with Crippen molar-refractivity contribution in [3.63, 3.8) is 0 Å². The molecule has 0 saturated heterocycles. The quantitative estimate of drug-likeness (QED) is 0.269. The van der Waals surface area contributed by atoms with Crippen molar-refractivity contribution in [3.8, 4) is 17.1 Å². The van der Waals surface area contributed by atoms with Crippen LogP contribution in [-0.4, -0.2) is 38.0 Å². The Labute approximate surface area is 190 Å². The minimum Gasteiger partial charge on any atom is -0.493 e. The predicted octanol–water partition coefficient (Wildman–Crippen LogP) is 4.64. The smallest absolute Gasteiger partial charge is 0.269 e. The third-order valence-electron chi connectivity index (χ3n) is 4.42. The van der Waals surface area contributed by atoms with Crippen LogP contribution in [0.2, 0.25) is 0 Å². The molecule has 0 aliphatic carbocycles. The molecule has 0 fully saturated rings. The molecule has 0 atom stereocenters. The fraction of sp³-hybridized carbons (Fsp3) is 0.318. The predicted molar refractivity (Wildman–Crippen MR) is 124 cm³/mol. The van der Waals surface area contributed by atoms with Gasteiger partial charge in [-0.05, 0) is 49.2 Å². The highest BCUT2D eigenvalue weighted by molar-refractivity contribution is 7.99. The number of hydrogen-bond donors (Lipinski definition) is 1. The summed E-state index contributed by atoms with van der Waals surface area (Å²) >= 11 is 1.28. The van der Waals surface area contributed by atoms with Crippen molar-refractivity contribution in [2.45, 2.75) is 32.5 Å². The van der Waals surface area contributed by atoms with Crippen LogP contribution in [-0.2, 0) is 11.3 Å². The fourth-order valence-corrected chi connectivity index (χ4v) is 3.65. The normalized spacial score (nSPS) is 10.9. The van der Waals surface area contributed by atoms with Gasteiger partial charge < -0.3 is 14.6 Å². The topological polar surface area (TPSA) is 112 Å². The van der Waals surface area contributed by atoms with E-state index in [2.05, 4.69) is 29.4 Å². The first-order valence-corrected chi connectivity index (χ1v) is 11.2. The van der Waals surface area contributed by atoms with E-state index in [1.165, 1.54) is 36.0 Å². The van der Waals surface area contributed by atoms with Crippen LogP contribution in [0.15, 0.2) is 53.7 Å². The van der Waals surface area contributed by atoms with Gasteiger partial charge in [0, 0.05) is 29.9 Å². The van der Waals surface area contributed by atoms with Gasteiger partial charge in [0.05, 0.1) is 17.3 Å². The Balaban J connectivity index is 1.62. The summed E-state index contributed by atoms with van der Waals surface area (Å²) in [6.45, 7) is 7.51. The number of amides is 1. The van der Waals surface area contributed by atoms with E-state index in [4.69, 9.17) is 4.74 Å². The lowest BCUT2D eigenvalue weighted by molar-refractivity contribution is -0.384. The second-order valence-corrected chi connectivity index (χ2v) is 8.36. The number of aromatic nitrogens is 3. The molecule has 3 rings (SSSR count). The lowest BCUT2D eigenvalue weighted by Gasteiger charge is -2.10. The Morgan fingerprint density at radius 3 is 2.44 bits per heavy atom. The molecular weight excluding hydrogens is 430 g/mol. The molecule has 0 unspecified atom stereocenters. The molecule has 0 spiro atoms. The zero-order valence-corrected chi connectivity index (χ0v) is 19.0. The van der Waals surface area contributed by atoms with Crippen LogP contribution in [0.3, 0.4) is 0 Å². The maximum Gasteiger partial charge on any atom is 0.269 e. The number of benzene rings is 2. The Bertz CT molecular complexity index is 1060. The van der Waals surface area contributed by atoms with Crippen LogP contribution in [0.4, 0.5) is 11.4 Å². The summed E-state index contributed by atoms with van der Waals surface area (Å²) in [4.78, 5) is 22.5. The summed E-state index contributed by atoms with van der Waals surface area (Å²) in [5.74, 6) is 1.89. The van der Waals surface area contributed by atoms with E-state index in [-0.39, 0.29) is 17.3 Å². The molecule has 32 heavy (non-hydrogen) atoms. The molecule has 3 aromatic rings. The van der Waals surface area contributed by atoms with Crippen molar-refractivity contribution in [3.05, 3.63) is 58.6 Å². The molecule has 1 N–H and O–H groups in total. The minimum absolute atomic E-state index is 0.0273. The lowest BCUT2D eigenvalue weighted by atomic mass is 10.2. The van der Waals surface area contributed by atoms with Gasteiger partial charge in [0.25, 0.3) is 5.69 Å². The van der Waals surface area contributed by atoms with Crippen molar-refractivity contribution in [1.29, 1.82) is 0 Å². The average Bonchev–Trinajstić information content (AvgIpc) is 3.20. The zero-order chi connectivity index (χ0) is 23.1. The van der Waals surface area contributed by atoms with E-state index in [1.807, 2.05) is 35.8 Å². The summed E-state index contributed by atoms with van der Waals surface area (Å²) < 4.78 is 7.68. The third kappa shape index (κ3) is 6.07. The van der Waals surface area contributed by atoms with Gasteiger partial charge >= 0.3 is 0 Å². The van der Waals surface area contributed by atoms with Gasteiger partial charge in [0.2, 0.25) is 5.91 Å². The van der Waals surface area contributed by atoms with Crippen LogP contribution in [0.25, 0.3) is 11.4 Å². The van der Waals surface area contributed by atoms with Gasteiger partial charge in [-0.25, -0.2) is 0 Å². The molecular formula is C22H25N5O4S. The highest BCUT2D eigenvalue weighted by atomic mass is 32.2. The number of non-ortho nitro benzene ring substituents is 1. The third-order valence-corrected chi connectivity index (χ3v) is 5.39. The maximum atomic E-state index is 12.3. The Hall–Kier alpha value is -3.40. The van der Waals surface area contributed by atoms with E-state index in [0.717, 1.165) is 17.1 Å². The molecule has 2 aromatic carbocycles. The van der Waals surface area contributed by atoms with Crippen LogP contribution in [0.1, 0.15) is 20.8 Å². The average molecular weight is 456 g/mol. The molecule has 9 nitrogen and oxygen atoms in total. The summed E-state index contributed by atoms with van der Waals surface area (Å²) in [7, 11) is 0. The number of carbonyl (C=O) groups excluding carboxylic acids is 1. The number of nitro benzene ring substituents is 1. The van der Waals surface area contributed by atoms with Gasteiger partial charge in [-0.3, -0.25) is 14.9 Å². The highest BCUT2D eigenvalue weighted by Crippen LogP contribution is 2.26. The number of nitro groups is 1. The number of ether oxygens (including phenoxy) is 1. The molecule has 0 aliphatic heterocycles. The summed E-state index contributed by atoms with van der Waals surface area (Å²) in [5.41, 5.74) is 1.39. The molecule has 1 heterocycles. The number of carbonyl (C=O) groups is 1. The molecule has 1 aromatic heterocycles. The second kappa shape index (κ2) is 10.8. The number of anilines is 1. The molecule has 1 amide bonds. The summed E-state index contributed by atoms with van der Waals surface area (Å²) in [5, 5.41) is 22.6. The second-order valence-electron chi connectivity index (χ2n) is 7.42. The molecule has 10 heteroatoms. The highest BCUT2D eigenvalue weighted by Gasteiger charge is 2.15. The number of hydrogen-bond acceptors (Lipinski definition) is 7. The standard InChI is InChI=1S/C22H25N5O4S/c1-4-26-21(16-5-11-19(12-6-16)31-13-15(2)3)24-25-22(26)32-14-20(28)23-17-7-9-18(10-8-17)27(29)30/h5-12,15H,4,13-14H2,1-3H3,(H,23,28). The van der Waals surface area contributed by atoms with Crippen molar-refractivity contribution >= 4 is 29.0 Å². The van der Waals surface area contributed by atoms with E-state index >= 15 is 0 Å². The van der Waals surface area contributed by atoms with Crippen molar-refractivity contribution in [2.24, 2.45) is 5.92 Å². The van der Waals surface area contributed by atoms with E-state index in [1.54, 1.807) is 0 Å². The number of rotatable bonds is 10. The SMILES string of the molecule is CCn1c(SCC(=O)Nc2ccc([N+](=O)[O-])cc2)nnc1-c1ccc(OCC(C)C)cc1. The Morgan fingerprint density at radius 2 is 1.84 bits per heavy atom. The number of thioether (sulfide) groups is 1. The first-order valence-electron chi connectivity index (χ1n) is 10.2. The first kappa shape index (κ1) is 23.3. The molecule has 0 saturated carbocycles. The summed E-state index contributed by atoms with van der Waals surface area (Å²) in [6.07, 6.45) is 0. The van der Waals surface area contributed by atoms with Crippen LogP contribution in [0.5, 0.6) is 5.75 Å². The van der Waals surface area contributed by atoms with Gasteiger partial charge in [0.15, 0.2) is 11.0 Å². The Morgan fingerprint density at radius 1 is 1.16 bits per heavy atom. The van der Waals surface area contributed by atoms with Crippen molar-refractivity contribution in [2.75, 3.05) is 17.7 Å². The first-order chi connectivity index (χ1) is 15.4. The molecule has 0 aliphatic rings. The van der Waals surface area contributed by atoms with Gasteiger partial charge in [-0.2, -0.15) is 0 Å².